The van der Waals surface area contributed by atoms with Crippen molar-refractivity contribution in [3.63, 3.8) is 0 Å². The SMILES string of the molecule is CC(O)C(C)Sc1ccc(C=O)cc1C(F)(F)F. The van der Waals surface area contributed by atoms with Gasteiger partial charge in [0.25, 0.3) is 0 Å². The number of hydrogen-bond acceptors (Lipinski definition) is 3. The third kappa shape index (κ3) is 3.74. The maximum absolute atomic E-state index is 12.8. The Morgan fingerprint density at radius 2 is 1.94 bits per heavy atom. The molecule has 0 radical (unpaired) electrons. The molecule has 2 atom stereocenters. The summed E-state index contributed by atoms with van der Waals surface area (Å²) < 4.78 is 38.5. The Labute approximate surface area is 107 Å². The standard InChI is InChI=1S/C12H13F3O2S/c1-7(17)8(2)18-11-4-3-9(6-16)5-10(11)12(13,14)15/h3-8,17H,1-2H3. The molecule has 1 aromatic carbocycles. The van der Waals surface area contributed by atoms with Crippen molar-refractivity contribution in [2.24, 2.45) is 0 Å². The van der Waals surface area contributed by atoms with E-state index in [0.717, 1.165) is 17.8 Å². The van der Waals surface area contributed by atoms with Crippen molar-refractivity contribution in [1.29, 1.82) is 0 Å². The van der Waals surface area contributed by atoms with Gasteiger partial charge in [0.05, 0.1) is 11.7 Å². The van der Waals surface area contributed by atoms with E-state index in [9.17, 15) is 23.1 Å². The van der Waals surface area contributed by atoms with Gasteiger partial charge in [-0.05, 0) is 19.1 Å². The lowest BCUT2D eigenvalue weighted by Crippen LogP contribution is -2.16. The van der Waals surface area contributed by atoms with Crippen LogP contribution in [0.3, 0.4) is 0 Å². The van der Waals surface area contributed by atoms with Gasteiger partial charge in [0, 0.05) is 15.7 Å². The molecular formula is C12H13F3O2S. The van der Waals surface area contributed by atoms with Gasteiger partial charge in [-0.15, -0.1) is 11.8 Å². The van der Waals surface area contributed by atoms with Crippen LogP contribution in [0.1, 0.15) is 29.8 Å². The van der Waals surface area contributed by atoms with Crippen LogP contribution in [0.5, 0.6) is 0 Å². The molecule has 0 saturated heterocycles. The van der Waals surface area contributed by atoms with Gasteiger partial charge < -0.3 is 5.11 Å². The second kappa shape index (κ2) is 5.75. The molecule has 2 unspecified atom stereocenters. The Morgan fingerprint density at radius 3 is 2.39 bits per heavy atom. The number of thioether (sulfide) groups is 1. The number of aliphatic hydroxyl groups is 1. The summed E-state index contributed by atoms with van der Waals surface area (Å²) >= 11 is 0.938. The normalized spacial score (nSPS) is 15.2. The van der Waals surface area contributed by atoms with E-state index >= 15 is 0 Å². The Balaban J connectivity index is 3.14. The second-order valence-corrected chi connectivity index (χ2v) is 5.35. The lowest BCUT2D eigenvalue weighted by molar-refractivity contribution is -0.139. The van der Waals surface area contributed by atoms with E-state index in [-0.39, 0.29) is 15.7 Å². The minimum absolute atomic E-state index is 0.0153. The lowest BCUT2D eigenvalue weighted by Gasteiger charge is -2.18. The van der Waals surface area contributed by atoms with E-state index < -0.39 is 17.8 Å². The summed E-state index contributed by atoms with van der Waals surface area (Å²) in [6.07, 6.45) is -4.86. The Kier molecular flexibility index (Phi) is 4.81. The van der Waals surface area contributed by atoms with Crippen molar-refractivity contribution in [3.05, 3.63) is 29.3 Å². The van der Waals surface area contributed by atoms with Gasteiger partial charge in [-0.2, -0.15) is 13.2 Å². The monoisotopic (exact) mass is 278 g/mol. The van der Waals surface area contributed by atoms with Gasteiger partial charge in [0.1, 0.15) is 6.29 Å². The second-order valence-electron chi connectivity index (χ2n) is 3.93. The lowest BCUT2D eigenvalue weighted by atomic mass is 10.1. The van der Waals surface area contributed by atoms with Crippen LogP contribution in [-0.4, -0.2) is 22.7 Å². The van der Waals surface area contributed by atoms with Crippen LogP contribution < -0.4 is 0 Å². The number of rotatable bonds is 4. The highest BCUT2D eigenvalue weighted by atomic mass is 32.2. The molecule has 1 aromatic rings. The van der Waals surface area contributed by atoms with Crippen LogP contribution in [0.4, 0.5) is 13.2 Å². The summed E-state index contributed by atoms with van der Waals surface area (Å²) in [6, 6.07) is 3.42. The topological polar surface area (TPSA) is 37.3 Å². The summed E-state index contributed by atoms with van der Waals surface area (Å²) in [4.78, 5) is 10.5. The molecule has 0 aliphatic rings. The number of benzene rings is 1. The molecule has 0 heterocycles. The van der Waals surface area contributed by atoms with Crippen molar-refractivity contribution < 1.29 is 23.1 Å². The average Bonchev–Trinajstić information content (AvgIpc) is 2.27. The van der Waals surface area contributed by atoms with Crippen molar-refractivity contribution in [1.82, 2.24) is 0 Å². The molecular weight excluding hydrogens is 265 g/mol. The van der Waals surface area contributed by atoms with Crippen molar-refractivity contribution in [2.45, 2.75) is 36.3 Å². The number of carbonyl (C=O) groups is 1. The molecule has 100 valence electrons. The molecule has 1 N–H and O–H groups in total. The van der Waals surface area contributed by atoms with Crippen LogP contribution in [0.15, 0.2) is 23.1 Å². The number of aliphatic hydroxyl groups excluding tert-OH is 1. The zero-order valence-electron chi connectivity index (χ0n) is 9.86. The number of halogens is 3. The minimum Gasteiger partial charge on any atom is -0.392 e. The fourth-order valence-corrected chi connectivity index (χ4v) is 2.29. The van der Waals surface area contributed by atoms with Crippen molar-refractivity contribution in [3.8, 4) is 0 Å². The molecule has 0 bridgehead atoms. The van der Waals surface area contributed by atoms with Gasteiger partial charge in [0.15, 0.2) is 0 Å². The fourth-order valence-electron chi connectivity index (χ4n) is 1.24. The summed E-state index contributed by atoms with van der Waals surface area (Å²) in [5, 5.41) is 8.95. The zero-order valence-corrected chi connectivity index (χ0v) is 10.7. The van der Waals surface area contributed by atoms with Gasteiger partial charge in [-0.25, -0.2) is 0 Å². The molecule has 0 aliphatic carbocycles. The first kappa shape index (κ1) is 15.0. The highest BCUT2D eigenvalue weighted by molar-refractivity contribution is 8.00. The molecule has 2 nitrogen and oxygen atoms in total. The zero-order chi connectivity index (χ0) is 13.9. The van der Waals surface area contributed by atoms with Crippen LogP contribution in [-0.2, 0) is 6.18 Å². The summed E-state index contributed by atoms with van der Waals surface area (Å²) in [5.41, 5.74) is -0.860. The molecule has 0 aromatic heterocycles. The van der Waals surface area contributed by atoms with E-state index in [2.05, 4.69) is 0 Å². The molecule has 0 aliphatic heterocycles. The highest BCUT2D eigenvalue weighted by Gasteiger charge is 2.34. The predicted molar refractivity (Wildman–Crippen MR) is 63.8 cm³/mol. The molecule has 0 fully saturated rings. The number of aldehydes is 1. The molecule has 18 heavy (non-hydrogen) atoms. The summed E-state index contributed by atoms with van der Waals surface area (Å²) in [7, 11) is 0. The fraction of sp³-hybridized carbons (Fsp3) is 0.417. The number of carbonyl (C=O) groups excluding carboxylic acids is 1. The quantitative estimate of drug-likeness (QED) is 0.677. The van der Waals surface area contributed by atoms with Crippen LogP contribution >= 0.6 is 11.8 Å². The van der Waals surface area contributed by atoms with E-state index in [4.69, 9.17) is 0 Å². The molecule has 1 rings (SSSR count). The molecule has 0 amide bonds. The smallest absolute Gasteiger partial charge is 0.392 e. The molecule has 6 heteroatoms. The van der Waals surface area contributed by atoms with E-state index in [1.807, 2.05) is 0 Å². The molecule has 0 saturated carbocycles. The van der Waals surface area contributed by atoms with Gasteiger partial charge in [0.2, 0.25) is 0 Å². The van der Waals surface area contributed by atoms with E-state index in [0.29, 0.717) is 6.29 Å². The first-order chi connectivity index (χ1) is 8.25. The largest absolute Gasteiger partial charge is 0.417 e. The van der Waals surface area contributed by atoms with Crippen molar-refractivity contribution >= 4 is 18.0 Å². The first-order valence-corrected chi connectivity index (χ1v) is 6.15. The Hall–Kier alpha value is -1.01. The minimum atomic E-state index is -4.51. The summed E-state index contributed by atoms with van der Waals surface area (Å²) in [6.45, 7) is 3.16. The predicted octanol–water partition coefficient (Wildman–Crippen LogP) is 3.38. The number of hydrogen-bond donors (Lipinski definition) is 1. The van der Waals surface area contributed by atoms with Gasteiger partial charge in [-0.1, -0.05) is 13.0 Å². The maximum atomic E-state index is 12.8. The van der Waals surface area contributed by atoms with Gasteiger partial charge >= 0.3 is 6.18 Å². The maximum Gasteiger partial charge on any atom is 0.417 e. The Bertz CT molecular complexity index is 430. The average molecular weight is 278 g/mol. The highest BCUT2D eigenvalue weighted by Crippen LogP contribution is 2.39. The Morgan fingerprint density at radius 1 is 1.33 bits per heavy atom. The third-order valence-corrected chi connectivity index (χ3v) is 3.81. The summed E-state index contributed by atoms with van der Waals surface area (Å²) in [5.74, 6) is 0. The van der Waals surface area contributed by atoms with Crippen LogP contribution in [0, 0.1) is 0 Å². The van der Waals surface area contributed by atoms with E-state index in [1.165, 1.54) is 19.1 Å². The third-order valence-electron chi connectivity index (χ3n) is 2.44. The van der Waals surface area contributed by atoms with Crippen LogP contribution in [0.2, 0.25) is 0 Å². The van der Waals surface area contributed by atoms with Crippen molar-refractivity contribution in [2.75, 3.05) is 0 Å². The van der Waals surface area contributed by atoms with Crippen LogP contribution in [0.25, 0.3) is 0 Å². The van der Waals surface area contributed by atoms with E-state index in [1.54, 1.807) is 6.92 Å². The molecule has 0 spiro atoms. The first-order valence-electron chi connectivity index (χ1n) is 5.27. The number of alkyl halides is 3. The van der Waals surface area contributed by atoms with Gasteiger partial charge in [-0.3, -0.25) is 4.79 Å².